The van der Waals surface area contributed by atoms with Gasteiger partial charge in [-0.3, -0.25) is 4.79 Å². The number of nitrogens with two attached hydrogens (primary N) is 1. The highest BCUT2D eigenvalue weighted by Gasteiger charge is 2.09. The number of halogens is 1. The first-order valence-electron chi connectivity index (χ1n) is 4.96. The molecule has 2 aromatic carbocycles. The fourth-order valence-corrected chi connectivity index (χ4v) is 1.82. The normalized spacial score (nSPS) is 10.2. The van der Waals surface area contributed by atoms with Crippen LogP contribution in [0, 0.1) is 0 Å². The fourth-order valence-electron chi connectivity index (χ4n) is 1.56. The monoisotopic (exact) mass is 291 g/mol. The van der Waals surface area contributed by atoms with Gasteiger partial charge in [-0.2, -0.15) is 0 Å². The van der Waals surface area contributed by atoms with E-state index >= 15 is 0 Å². The maximum absolute atomic E-state index is 11.1. The molecule has 0 spiro atoms. The molecule has 4 heteroatoms. The SMILES string of the molecule is NC(=O)c1cc(-c2ccc(Br)cc2)ccc1O. The number of phenols is 1. The predicted octanol–water partition coefficient (Wildman–Crippen LogP) is 2.92. The highest BCUT2D eigenvalue weighted by Crippen LogP contribution is 2.26. The molecule has 0 aliphatic carbocycles. The first-order chi connectivity index (χ1) is 8.08. The summed E-state index contributed by atoms with van der Waals surface area (Å²) in [5, 5.41) is 9.49. The number of carbonyl (C=O) groups excluding carboxylic acids is 1. The predicted molar refractivity (Wildman–Crippen MR) is 69.8 cm³/mol. The number of carbonyl (C=O) groups is 1. The van der Waals surface area contributed by atoms with Gasteiger partial charge in [0.25, 0.3) is 5.91 Å². The van der Waals surface area contributed by atoms with Crippen LogP contribution >= 0.6 is 15.9 Å². The Bertz CT molecular complexity index is 564. The Labute approximate surface area is 107 Å². The molecule has 0 saturated heterocycles. The van der Waals surface area contributed by atoms with Gasteiger partial charge in [-0.05, 0) is 35.4 Å². The molecule has 0 atom stereocenters. The first kappa shape index (κ1) is 11.7. The molecular formula is C13H10BrNO2. The van der Waals surface area contributed by atoms with Crippen LogP contribution in [0.3, 0.4) is 0 Å². The summed E-state index contributed by atoms with van der Waals surface area (Å²) in [6, 6.07) is 12.4. The molecule has 0 fully saturated rings. The molecular weight excluding hydrogens is 282 g/mol. The lowest BCUT2D eigenvalue weighted by molar-refractivity contribution is 0.0998. The number of hydrogen-bond acceptors (Lipinski definition) is 2. The van der Waals surface area contributed by atoms with E-state index in [1.165, 1.54) is 6.07 Å². The molecule has 3 nitrogen and oxygen atoms in total. The molecule has 0 saturated carbocycles. The van der Waals surface area contributed by atoms with Crippen LogP contribution in [0.5, 0.6) is 5.75 Å². The lowest BCUT2D eigenvalue weighted by Crippen LogP contribution is -2.11. The average molecular weight is 292 g/mol. The van der Waals surface area contributed by atoms with Gasteiger partial charge in [0.15, 0.2) is 0 Å². The third-order valence-electron chi connectivity index (χ3n) is 2.44. The highest BCUT2D eigenvalue weighted by molar-refractivity contribution is 9.10. The topological polar surface area (TPSA) is 63.3 Å². The van der Waals surface area contributed by atoms with Crippen LogP contribution in [0.2, 0.25) is 0 Å². The van der Waals surface area contributed by atoms with E-state index in [0.29, 0.717) is 0 Å². The average Bonchev–Trinajstić information content (AvgIpc) is 2.30. The standard InChI is InChI=1S/C13H10BrNO2/c14-10-4-1-8(2-5-10)9-3-6-12(16)11(7-9)13(15)17/h1-7,16H,(H2,15,17). The number of rotatable bonds is 2. The summed E-state index contributed by atoms with van der Waals surface area (Å²) >= 11 is 3.35. The van der Waals surface area contributed by atoms with Crippen molar-refractivity contribution in [1.29, 1.82) is 0 Å². The van der Waals surface area contributed by atoms with Gasteiger partial charge in [-0.25, -0.2) is 0 Å². The lowest BCUT2D eigenvalue weighted by atomic mass is 10.0. The quantitative estimate of drug-likeness (QED) is 0.894. The van der Waals surface area contributed by atoms with E-state index in [1.807, 2.05) is 24.3 Å². The second-order valence-corrected chi connectivity index (χ2v) is 4.52. The number of aromatic hydroxyl groups is 1. The molecule has 0 radical (unpaired) electrons. The van der Waals surface area contributed by atoms with Crippen LogP contribution in [0.4, 0.5) is 0 Å². The number of benzene rings is 2. The van der Waals surface area contributed by atoms with Crippen LogP contribution in [0.25, 0.3) is 11.1 Å². The van der Waals surface area contributed by atoms with E-state index in [-0.39, 0.29) is 11.3 Å². The summed E-state index contributed by atoms with van der Waals surface area (Å²) < 4.78 is 0.982. The molecule has 0 heterocycles. The molecule has 0 bridgehead atoms. The number of primary amides is 1. The van der Waals surface area contributed by atoms with Crippen molar-refractivity contribution in [3.8, 4) is 16.9 Å². The van der Waals surface area contributed by atoms with Gasteiger partial charge >= 0.3 is 0 Å². The molecule has 0 aliphatic rings. The van der Waals surface area contributed by atoms with Crippen LogP contribution in [0.15, 0.2) is 46.9 Å². The van der Waals surface area contributed by atoms with Crippen molar-refractivity contribution in [3.05, 3.63) is 52.5 Å². The minimum atomic E-state index is -0.638. The summed E-state index contributed by atoms with van der Waals surface area (Å²) in [5.74, 6) is -0.736. The van der Waals surface area contributed by atoms with Crippen molar-refractivity contribution in [1.82, 2.24) is 0 Å². The van der Waals surface area contributed by atoms with E-state index < -0.39 is 5.91 Å². The number of hydrogen-bond donors (Lipinski definition) is 2. The summed E-state index contributed by atoms with van der Waals surface area (Å²) in [4.78, 5) is 11.1. The van der Waals surface area contributed by atoms with Crippen molar-refractivity contribution in [2.45, 2.75) is 0 Å². The van der Waals surface area contributed by atoms with Gasteiger partial charge < -0.3 is 10.8 Å². The highest BCUT2D eigenvalue weighted by atomic mass is 79.9. The van der Waals surface area contributed by atoms with Crippen molar-refractivity contribution in [2.24, 2.45) is 5.73 Å². The van der Waals surface area contributed by atoms with Gasteiger partial charge in [0.2, 0.25) is 0 Å². The van der Waals surface area contributed by atoms with E-state index in [9.17, 15) is 9.90 Å². The van der Waals surface area contributed by atoms with Gasteiger partial charge in [0.05, 0.1) is 5.56 Å². The summed E-state index contributed by atoms with van der Waals surface area (Å²) in [5.41, 5.74) is 7.10. The van der Waals surface area contributed by atoms with E-state index in [0.717, 1.165) is 15.6 Å². The molecule has 2 rings (SSSR count). The zero-order valence-corrected chi connectivity index (χ0v) is 10.4. The smallest absolute Gasteiger partial charge is 0.252 e. The molecule has 86 valence electrons. The van der Waals surface area contributed by atoms with Gasteiger partial charge in [-0.1, -0.05) is 34.1 Å². The maximum Gasteiger partial charge on any atom is 0.252 e. The summed E-state index contributed by atoms with van der Waals surface area (Å²) in [7, 11) is 0. The Morgan fingerprint density at radius 2 is 1.65 bits per heavy atom. The maximum atomic E-state index is 11.1. The van der Waals surface area contributed by atoms with Crippen molar-refractivity contribution in [3.63, 3.8) is 0 Å². The molecule has 1 amide bonds. The van der Waals surface area contributed by atoms with Crippen molar-refractivity contribution < 1.29 is 9.90 Å². The van der Waals surface area contributed by atoms with Gasteiger partial charge in [0, 0.05) is 4.47 Å². The molecule has 2 aromatic rings. The van der Waals surface area contributed by atoms with Gasteiger partial charge in [-0.15, -0.1) is 0 Å². The lowest BCUT2D eigenvalue weighted by Gasteiger charge is -2.05. The molecule has 17 heavy (non-hydrogen) atoms. The third kappa shape index (κ3) is 2.47. The third-order valence-corrected chi connectivity index (χ3v) is 2.97. The zero-order valence-electron chi connectivity index (χ0n) is 8.85. The Hall–Kier alpha value is -1.81. The molecule has 0 aromatic heterocycles. The van der Waals surface area contributed by atoms with Crippen LogP contribution in [0.1, 0.15) is 10.4 Å². The van der Waals surface area contributed by atoms with E-state index in [2.05, 4.69) is 15.9 Å². The zero-order chi connectivity index (χ0) is 12.4. The van der Waals surface area contributed by atoms with Crippen molar-refractivity contribution >= 4 is 21.8 Å². The number of amides is 1. The second-order valence-electron chi connectivity index (χ2n) is 3.60. The van der Waals surface area contributed by atoms with Crippen LogP contribution in [-0.4, -0.2) is 11.0 Å². The van der Waals surface area contributed by atoms with Gasteiger partial charge in [0.1, 0.15) is 5.75 Å². The largest absolute Gasteiger partial charge is 0.507 e. The Kier molecular flexibility index (Phi) is 3.15. The summed E-state index contributed by atoms with van der Waals surface area (Å²) in [6.07, 6.45) is 0. The Balaban J connectivity index is 2.50. The fraction of sp³-hybridized carbons (Fsp3) is 0. The van der Waals surface area contributed by atoms with E-state index in [1.54, 1.807) is 12.1 Å². The van der Waals surface area contributed by atoms with E-state index in [4.69, 9.17) is 5.73 Å². The molecule has 3 N–H and O–H groups in total. The second kappa shape index (κ2) is 4.59. The Morgan fingerprint density at radius 3 is 2.24 bits per heavy atom. The molecule has 0 aliphatic heterocycles. The van der Waals surface area contributed by atoms with Crippen LogP contribution < -0.4 is 5.73 Å². The minimum Gasteiger partial charge on any atom is -0.507 e. The van der Waals surface area contributed by atoms with Crippen LogP contribution in [-0.2, 0) is 0 Å². The molecule has 0 unspecified atom stereocenters. The first-order valence-corrected chi connectivity index (χ1v) is 5.76. The summed E-state index contributed by atoms with van der Waals surface area (Å²) in [6.45, 7) is 0. The Morgan fingerprint density at radius 1 is 1.06 bits per heavy atom. The van der Waals surface area contributed by atoms with Crippen molar-refractivity contribution in [2.75, 3.05) is 0 Å². The minimum absolute atomic E-state index is 0.0987.